The highest BCUT2D eigenvalue weighted by Crippen LogP contribution is 2.30. The smallest absolute Gasteiger partial charge is 0.129 e. The third kappa shape index (κ3) is 1.75. The van der Waals surface area contributed by atoms with E-state index in [4.69, 9.17) is 4.74 Å². The Hall–Kier alpha value is -1.02. The van der Waals surface area contributed by atoms with Crippen LogP contribution in [0.15, 0.2) is 24.3 Å². The number of ether oxygens (including phenoxy) is 1. The van der Waals surface area contributed by atoms with Crippen molar-refractivity contribution in [2.45, 2.75) is 38.4 Å². The number of aliphatic hydroxyl groups is 1. The van der Waals surface area contributed by atoms with Crippen LogP contribution in [0.2, 0.25) is 0 Å². The number of hydrogen-bond donors (Lipinski definition) is 1. The molecule has 2 atom stereocenters. The van der Waals surface area contributed by atoms with E-state index in [1.807, 2.05) is 18.2 Å². The number of para-hydroxylation sites is 1. The third-order valence-corrected chi connectivity index (χ3v) is 2.69. The monoisotopic (exact) mass is 192 g/mol. The minimum Gasteiger partial charge on any atom is -0.487 e. The van der Waals surface area contributed by atoms with E-state index in [9.17, 15) is 5.11 Å². The van der Waals surface area contributed by atoms with Crippen molar-refractivity contribution in [3.8, 4) is 5.75 Å². The predicted octanol–water partition coefficient (Wildman–Crippen LogP) is 2.15. The van der Waals surface area contributed by atoms with Gasteiger partial charge < -0.3 is 9.84 Å². The first kappa shape index (κ1) is 9.53. The first-order valence-corrected chi connectivity index (χ1v) is 5.24. The summed E-state index contributed by atoms with van der Waals surface area (Å²) in [5.74, 6) is 0.938. The topological polar surface area (TPSA) is 29.5 Å². The first-order valence-electron chi connectivity index (χ1n) is 5.24. The fourth-order valence-corrected chi connectivity index (χ4v) is 1.91. The van der Waals surface area contributed by atoms with Gasteiger partial charge in [-0.15, -0.1) is 0 Å². The Morgan fingerprint density at radius 3 is 3.00 bits per heavy atom. The van der Waals surface area contributed by atoms with E-state index < -0.39 is 0 Å². The maximum Gasteiger partial charge on any atom is 0.129 e. The lowest BCUT2D eigenvalue weighted by Crippen LogP contribution is -2.29. The number of rotatable bonds is 3. The largest absolute Gasteiger partial charge is 0.487 e. The molecule has 0 saturated heterocycles. The molecule has 1 aromatic rings. The molecule has 0 aromatic heterocycles. The van der Waals surface area contributed by atoms with Crippen molar-refractivity contribution < 1.29 is 9.84 Å². The summed E-state index contributed by atoms with van der Waals surface area (Å²) < 4.78 is 5.67. The Bertz CT molecular complexity index is 284. The van der Waals surface area contributed by atoms with Gasteiger partial charge in [0.2, 0.25) is 0 Å². The van der Waals surface area contributed by atoms with Crippen LogP contribution in [-0.2, 0) is 6.42 Å². The normalized spacial score (nSPS) is 21.4. The van der Waals surface area contributed by atoms with Crippen LogP contribution in [-0.4, -0.2) is 17.3 Å². The lowest BCUT2D eigenvalue weighted by atomic mass is 10.0. The zero-order chi connectivity index (χ0) is 9.97. The zero-order valence-corrected chi connectivity index (χ0v) is 8.44. The van der Waals surface area contributed by atoms with Crippen molar-refractivity contribution in [2.24, 2.45) is 0 Å². The first-order chi connectivity index (χ1) is 6.81. The van der Waals surface area contributed by atoms with Gasteiger partial charge in [0.05, 0.1) is 6.10 Å². The fraction of sp³-hybridized carbons (Fsp3) is 0.500. The summed E-state index contributed by atoms with van der Waals surface area (Å²) in [6, 6.07) is 8.01. The zero-order valence-electron chi connectivity index (χ0n) is 8.44. The molecule has 1 heterocycles. The van der Waals surface area contributed by atoms with Crippen molar-refractivity contribution in [2.75, 3.05) is 0 Å². The van der Waals surface area contributed by atoms with Crippen molar-refractivity contribution in [1.29, 1.82) is 0 Å². The van der Waals surface area contributed by atoms with Gasteiger partial charge in [0.1, 0.15) is 11.9 Å². The molecule has 0 aliphatic carbocycles. The van der Waals surface area contributed by atoms with E-state index in [-0.39, 0.29) is 12.2 Å². The van der Waals surface area contributed by atoms with Crippen LogP contribution in [0.1, 0.15) is 25.3 Å². The van der Waals surface area contributed by atoms with Gasteiger partial charge in [-0.3, -0.25) is 0 Å². The van der Waals surface area contributed by atoms with Crippen LogP contribution in [0, 0.1) is 0 Å². The van der Waals surface area contributed by atoms with Crippen molar-refractivity contribution in [3.63, 3.8) is 0 Å². The minimum absolute atomic E-state index is 0.0349. The van der Waals surface area contributed by atoms with Crippen molar-refractivity contribution in [1.82, 2.24) is 0 Å². The second kappa shape index (κ2) is 4.01. The summed E-state index contributed by atoms with van der Waals surface area (Å²) in [7, 11) is 0. The molecule has 0 fully saturated rings. The average Bonchev–Trinajstić information content (AvgIpc) is 2.61. The van der Waals surface area contributed by atoms with Gasteiger partial charge in [0.25, 0.3) is 0 Å². The molecule has 76 valence electrons. The predicted molar refractivity (Wildman–Crippen MR) is 55.5 cm³/mol. The highest BCUT2D eigenvalue weighted by atomic mass is 16.5. The number of aliphatic hydroxyl groups excluding tert-OH is 1. The molecular formula is C12H16O2. The second-order valence-corrected chi connectivity index (χ2v) is 3.82. The summed E-state index contributed by atoms with van der Waals surface area (Å²) in [4.78, 5) is 0. The molecule has 0 spiro atoms. The van der Waals surface area contributed by atoms with Crippen LogP contribution in [0.25, 0.3) is 0 Å². The summed E-state index contributed by atoms with van der Waals surface area (Å²) in [5.41, 5.74) is 1.22. The maximum atomic E-state index is 9.80. The molecule has 2 unspecified atom stereocenters. The van der Waals surface area contributed by atoms with Crippen LogP contribution >= 0.6 is 0 Å². The molecule has 14 heavy (non-hydrogen) atoms. The van der Waals surface area contributed by atoms with Gasteiger partial charge in [0, 0.05) is 6.42 Å². The van der Waals surface area contributed by atoms with E-state index in [0.29, 0.717) is 0 Å². The summed E-state index contributed by atoms with van der Waals surface area (Å²) in [5, 5.41) is 9.80. The molecule has 1 N–H and O–H groups in total. The number of fused-ring (bicyclic) bond motifs is 1. The van der Waals surface area contributed by atoms with E-state index in [0.717, 1.165) is 25.0 Å². The van der Waals surface area contributed by atoms with E-state index in [2.05, 4.69) is 13.0 Å². The van der Waals surface area contributed by atoms with Crippen LogP contribution in [0.3, 0.4) is 0 Å². The molecule has 2 nitrogen and oxygen atoms in total. The molecule has 1 aliphatic heterocycles. The number of hydrogen-bond acceptors (Lipinski definition) is 2. The van der Waals surface area contributed by atoms with Crippen LogP contribution in [0.4, 0.5) is 0 Å². The average molecular weight is 192 g/mol. The Kier molecular flexibility index (Phi) is 2.73. The van der Waals surface area contributed by atoms with Crippen LogP contribution in [0.5, 0.6) is 5.75 Å². The molecule has 1 aliphatic rings. The van der Waals surface area contributed by atoms with E-state index >= 15 is 0 Å². The highest BCUT2D eigenvalue weighted by molar-refractivity contribution is 5.37. The fourth-order valence-electron chi connectivity index (χ4n) is 1.91. The standard InChI is InChI=1S/C12H16O2/c1-2-5-10(13)12-8-9-6-3-4-7-11(9)14-12/h3-4,6-7,10,12-13H,2,5,8H2,1H3. The molecule has 1 aromatic carbocycles. The van der Waals surface area contributed by atoms with Gasteiger partial charge in [-0.25, -0.2) is 0 Å². The highest BCUT2D eigenvalue weighted by Gasteiger charge is 2.27. The Labute approximate surface area is 84.5 Å². The summed E-state index contributed by atoms with van der Waals surface area (Å²) in [6.07, 6.45) is 2.30. The maximum absolute atomic E-state index is 9.80. The summed E-state index contributed by atoms with van der Waals surface area (Å²) in [6.45, 7) is 2.07. The Morgan fingerprint density at radius 1 is 1.50 bits per heavy atom. The molecule has 2 rings (SSSR count). The lowest BCUT2D eigenvalue weighted by molar-refractivity contribution is 0.0436. The number of benzene rings is 1. The quantitative estimate of drug-likeness (QED) is 0.795. The van der Waals surface area contributed by atoms with E-state index in [1.165, 1.54) is 5.56 Å². The second-order valence-electron chi connectivity index (χ2n) is 3.82. The lowest BCUT2D eigenvalue weighted by Gasteiger charge is -2.16. The molecule has 0 amide bonds. The molecule has 0 saturated carbocycles. The molecule has 0 radical (unpaired) electrons. The van der Waals surface area contributed by atoms with Gasteiger partial charge >= 0.3 is 0 Å². The molecule has 2 heteroatoms. The van der Waals surface area contributed by atoms with Crippen molar-refractivity contribution >= 4 is 0 Å². The van der Waals surface area contributed by atoms with Gasteiger partial charge in [-0.05, 0) is 18.1 Å². The molecule has 0 bridgehead atoms. The van der Waals surface area contributed by atoms with Crippen LogP contribution < -0.4 is 4.74 Å². The van der Waals surface area contributed by atoms with Gasteiger partial charge in [-0.1, -0.05) is 31.5 Å². The van der Waals surface area contributed by atoms with Crippen molar-refractivity contribution in [3.05, 3.63) is 29.8 Å². The Morgan fingerprint density at radius 2 is 2.29 bits per heavy atom. The van der Waals surface area contributed by atoms with Gasteiger partial charge in [-0.2, -0.15) is 0 Å². The van der Waals surface area contributed by atoms with E-state index in [1.54, 1.807) is 0 Å². The molecular weight excluding hydrogens is 176 g/mol. The minimum atomic E-state index is -0.326. The van der Waals surface area contributed by atoms with Gasteiger partial charge in [0.15, 0.2) is 0 Å². The SMILES string of the molecule is CCCC(O)C1Cc2ccccc2O1. The summed E-state index contributed by atoms with van der Waals surface area (Å²) >= 11 is 0. The Balaban J connectivity index is 2.04. The third-order valence-electron chi connectivity index (χ3n) is 2.69.